The van der Waals surface area contributed by atoms with Crippen molar-refractivity contribution in [3.63, 3.8) is 0 Å². The molecule has 2 saturated carbocycles. The Labute approximate surface area is 552 Å². The van der Waals surface area contributed by atoms with E-state index in [1.165, 1.54) is 50.7 Å². The fourth-order valence-electron chi connectivity index (χ4n) is 14.7. The van der Waals surface area contributed by atoms with E-state index in [1.54, 1.807) is 26.9 Å². The Hall–Kier alpha value is -6.33. The van der Waals surface area contributed by atoms with Gasteiger partial charge in [-0.3, -0.25) is 19.4 Å². The minimum absolute atomic E-state index is 0.0183. The number of nitrogens with zero attached hydrogens (tertiary/aromatic N) is 9. The van der Waals surface area contributed by atoms with Gasteiger partial charge in [0.25, 0.3) is 5.92 Å². The Kier molecular flexibility index (Phi) is 19.6. The summed E-state index contributed by atoms with van der Waals surface area (Å²) in [6.07, 6.45) is 8.05. The molecule has 7 fully saturated rings. The van der Waals surface area contributed by atoms with Crippen molar-refractivity contribution >= 4 is 83.0 Å². The van der Waals surface area contributed by atoms with Crippen molar-refractivity contribution < 1.29 is 54.8 Å². The lowest BCUT2D eigenvalue weighted by atomic mass is 9.61. The van der Waals surface area contributed by atoms with E-state index in [-0.39, 0.29) is 71.3 Å². The quantitative estimate of drug-likeness (QED) is 0.0555. The highest BCUT2D eigenvalue weighted by atomic mass is 32.2. The fourth-order valence-corrected chi connectivity index (χ4v) is 16.7. The number of likely N-dealkylation sites (tertiary alicyclic amines) is 2. The number of carbonyl (C=O) groups is 3. The van der Waals surface area contributed by atoms with E-state index in [2.05, 4.69) is 46.6 Å². The zero-order valence-electron chi connectivity index (χ0n) is 54.7. The molecule has 2 aliphatic carbocycles. The maximum Gasteiger partial charge on any atom is 0.417 e. The number of hydrogen-bond donors (Lipinski definition) is 4. The number of halogens is 5. The van der Waals surface area contributed by atoms with Gasteiger partial charge in [-0.25, -0.2) is 18.5 Å². The molecule has 8 aliphatic rings. The maximum atomic E-state index is 14.8. The molecule has 1 spiro atoms. The zero-order valence-corrected chi connectivity index (χ0v) is 56.3. The lowest BCUT2D eigenvalue weighted by molar-refractivity contribution is -0.147. The van der Waals surface area contributed by atoms with Crippen LogP contribution in [0.2, 0.25) is 0 Å². The summed E-state index contributed by atoms with van der Waals surface area (Å²) in [7, 11) is 4.89. The van der Waals surface area contributed by atoms with Crippen LogP contribution in [-0.4, -0.2) is 167 Å². The monoisotopic (exact) mass is 1340 g/mol. The van der Waals surface area contributed by atoms with E-state index >= 15 is 0 Å². The number of nitrogens with two attached hydrogens (primary N) is 1. The number of nitrogens with one attached hydrogen (secondary N) is 3. The Bertz CT molecular complexity index is 3790. The molecule has 14 rings (SSSR count). The average molecular weight is 1340 g/mol. The van der Waals surface area contributed by atoms with Gasteiger partial charge in [0.1, 0.15) is 29.3 Å². The van der Waals surface area contributed by atoms with Crippen molar-refractivity contribution in [1.29, 1.82) is 0 Å². The normalized spacial score (nSPS) is 23.9. The smallest absolute Gasteiger partial charge is 0.417 e. The molecule has 6 aliphatic heterocycles. The third-order valence-electron chi connectivity index (χ3n) is 20.1. The second-order valence-corrected chi connectivity index (χ2v) is 29.2. The largest absolute Gasteiger partial charge is 0.467 e. The number of anilines is 1. The molecule has 6 atom stereocenters. The number of fused-ring (bicyclic) bond motifs is 6. The van der Waals surface area contributed by atoms with Crippen LogP contribution in [0.5, 0.6) is 6.01 Å². The third-order valence-corrected chi connectivity index (χ3v) is 22.2. The van der Waals surface area contributed by atoms with Crippen LogP contribution >= 0.6 is 23.4 Å². The number of aromatic nitrogens is 5. The molecule has 4 aromatic heterocycles. The van der Waals surface area contributed by atoms with Gasteiger partial charge in [-0.2, -0.15) is 32.5 Å². The van der Waals surface area contributed by atoms with E-state index in [1.807, 2.05) is 65.1 Å². The van der Waals surface area contributed by atoms with Gasteiger partial charge in [-0.15, -0.1) is 11.3 Å². The van der Waals surface area contributed by atoms with Gasteiger partial charge < -0.3 is 50.6 Å². The molecule has 5 saturated heterocycles. The molecular formula is C67H86F5N13O7S2. The Morgan fingerprint density at radius 2 is 1.65 bits per heavy atom. The maximum absolute atomic E-state index is 14.8. The molecule has 0 radical (unpaired) electrons. The van der Waals surface area contributed by atoms with Crippen molar-refractivity contribution in [1.82, 2.24) is 55.5 Å². The van der Waals surface area contributed by atoms with Gasteiger partial charge in [0.2, 0.25) is 17.7 Å². The highest BCUT2D eigenvalue weighted by Gasteiger charge is 2.58. The number of hydroxylamine groups is 2. The number of carbonyl (C=O) groups excluding carboxylic acids is 3. The fraction of sp³-hybridized carbons (Fsp3) is 0.597. The molecule has 20 nitrogen and oxygen atoms in total. The lowest BCUT2D eigenvalue weighted by Crippen LogP contribution is -2.58. The number of amides is 3. The number of piperazine rings is 1. The van der Waals surface area contributed by atoms with Crippen molar-refractivity contribution in [2.45, 2.75) is 167 Å². The van der Waals surface area contributed by atoms with Crippen molar-refractivity contribution in [3.8, 4) is 17.3 Å². The van der Waals surface area contributed by atoms with E-state index in [4.69, 9.17) is 23.5 Å². The predicted octanol–water partition coefficient (Wildman–Crippen LogP) is 10.8. The average Bonchev–Trinajstić information content (AvgIpc) is 1.57. The minimum Gasteiger partial charge on any atom is -0.467 e. The van der Waals surface area contributed by atoms with E-state index < -0.39 is 41.1 Å². The molecular weight excluding hydrogens is 1260 g/mol. The molecule has 6 aromatic rings. The first kappa shape index (κ1) is 67.6. The second kappa shape index (κ2) is 27.3. The van der Waals surface area contributed by atoms with Crippen molar-refractivity contribution in [2.75, 3.05) is 78.6 Å². The number of rotatable bonds is 15. The standard InChI is InChI=1S/C36H51F2N5O5S.C30H30F3N7O2S.CH5N/c1-23-30(49-48-41(23)5)25-10-8-24(9-11-25)20-39-32(45)28-7-6-14-43(28)33(46)31(34(2,3)4)40-29(44)22-47-27-18-35(19-27)12-15-42(16-13-35)21-26-17-36(26,37)38;1-15-11-20-19(12-35-40(20)21-5-3-4-10-42-21)22(24(15)30(31,32)33)25-26-18(8-9-34-25)23-27(37-29(41-2)38-28(23)43-26)39-13-16-6-7-17(14-39)36-16;1-2/h8-11,26-28,31H,6-7,12-22H2,1-5H3,(H,39,45)(H,40,44);8-9,11-12,16-17,21,36H,3-7,10,13-14H2,1-2H3;2H2,1H3. The number of aryl methyl sites for hydroxylation is 1. The van der Waals surface area contributed by atoms with Crippen LogP contribution in [0, 0.1) is 23.7 Å². The Balaban J connectivity index is 0.000000177. The first-order valence-corrected chi connectivity index (χ1v) is 34.4. The van der Waals surface area contributed by atoms with Gasteiger partial charge >= 0.3 is 12.2 Å². The number of allylic oxidation sites excluding steroid dienone is 1. The number of methoxy groups -OCH3 is 1. The molecule has 27 heteroatoms. The number of benzene rings is 2. The van der Waals surface area contributed by atoms with Crippen LogP contribution in [0.4, 0.5) is 27.8 Å². The molecule has 2 bridgehead atoms. The number of ether oxygens (including phenoxy) is 3. The predicted molar refractivity (Wildman–Crippen MR) is 352 cm³/mol. The first-order valence-electron chi connectivity index (χ1n) is 32.8. The summed E-state index contributed by atoms with van der Waals surface area (Å²) in [4.78, 5) is 62.1. The van der Waals surface area contributed by atoms with Crippen LogP contribution in [-0.2, 0) is 40.9 Å². The van der Waals surface area contributed by atoms with Gasteiger partial charge in [0.15, 0.2) is 6.23 Å². The Morgan fingerprint density at radius 3 is 2.29 bits per heavy atom. The molecule has 6 unspecified atom stereocenters. The highest BCUT2D eigenvalue weighted by Crippen LogP contribution is 2.54. The second-order valence-electron chi connectivity index (χ2n) is 27.5. The van der Waals surface area contributed by atoms with E-state index in [0.29, 0.717) is 71.6 Å². The first-order chi connectivity index (χ1) is 44.9. The highest BCUT2D eigenvalue weighted by molar-refractivity contribution is 8.04. The number of pyridine rings is 1. The summed E-state index contributed by atoms with van der Waals surface area (Å²) in [5.74, 6) is -3.01. The number of hydrogen-bond acceptors (Lipinski definition) is 18. The molecule has 3 amide bonds. The minimum atomic E-state index is -4.61. The van der Waals surface area contributed by atoms with Gasteiger partial charge in [-0.1, -0.05) is 45.0 Å². The summed E-state index contributed by atoms with van der Waals surface area (Å²) in [5, 5.41) is 17.9. The van der Waals surface area contributed by atoms with Crippen LogP contribution in [0.3, 0.4) is 0 Å². The molecule has 5 N–H and O–H groups in total. The number of alkyl halides is 5. The third kappa shape index (κ3) is 14.0. The van der Waals surface area contributed by atoms with Crippen LogP contribution < -0.4 is 31.3 Å². The molecule has 2 aromatic carbocycles. The lowest BCUT2D eigenvalue weighted by Gasteiger charge is -2.52. The molecule has 10 heterocycles. The van der Waals surface area contributed by atoms with Crippen molar-refractivity contribution in [3.05, 3.63) is 76.7 Å². The summed E-state index contributed by atoms with van der Waals surface area (Å²) in [6.45, 7) is 14.2. The summed E-state index contributed by atoms with van der Waals surface area (Å²) in [6, 6.07) is 11.0. The number of thiophene rings is 1. The summed E-state index contributed by atoms with van der Waals surface area (Å²) >= 11 is 2.65. The topological polar surface area (TPSA) is 220 Å². The molecule has 94 heavy (non-hydrogen) atoms. The summed E-state index contributed by atoms with van der Waals surface area (Å²) in [5.41, 5.74) is 7.44. The Morgan fingerprint density at radius 1 is 0.926 bits per heavy atom. The SMILES string of the molecule is CC1=C(c2ccc(CNC(=O)C3CCCN3C(=O)C(NC(=O)COC3CC4(CCN(CC5CC5(F)F)CC4)C3)C(C)(C)C)cc2)SON1C.CN.COc1nc(N2CC3CCC(C2)N3)c2c(n1)sc1c(-c3c(C(F)(F)F)c(C)cc4c3cnn4C3CCCCO3)nccc12. The van der Waals surface area contributed by atoms with Gasteiger partial charge in [-0.05, 0) is 144 Å². The van der Waals surface area contributed by atoms with E-state index in [9.17, 15) is 36.3 Å². The van der Waals surface area contributed by atoms with Gasteiger partial charge in [0.05, 0.1) is 68.9 Å². The van der Waals surface area contributed by atoms with Crippen LogP contribution in [0.15, 0.2) is 54.5 Å². The van der Waals surface area contributed by atoms with Crippen LogP contribution in [0.1, 0.15) is 133 Å². The van der Waals surface area contributed by atoms with Gasteiger partial charge in [0, 0.05) is 93.3 Å². The zero-order chi connectivity index (χ0) is 66.6. The van der Waals surface area contributed by atoms with E-state index in [0.717, 1.165) is 122 Å². The summed E-state index contributed by atoms with van der Waals surface area (Å²) < 4.78 is 96.4. The number of piperidine rings is 1. The van der Waals surface area contributed by atoms with Crippen LogP contribution in [0.25, 0.3) is 47.4 Å². The van der Waals surface area contributed by atoms with Crippen molar-refractivity contribution in [2.24, 2.45) is 22.5 Å². The molecule has 508 valence electrons.